The summed E-state index contributed by atoms with van der Waals surface area (Å²) in [7, 11) is 0. The minimum atomic E-state index is -1.32. The Morgan fingerprint density at radius 3 is 2.64 bits per heavy atom. The highest BCUT2D eigenvalue weighted by atomic mass is 79.9. The SMILES string of the molecule is NC1CCC(F)(c2occc2Br)CC1. The van der Waals surface area contributed by atoms with Crippen LogP contribution in [0.3, 0.4) is 0 Å². The molecule has 0 radical (unpaired) electrons. The summed E-state index contributed by atoms with van der Waals surface area (Å²) in [5, 5.41) is 0. The van der Waals surface area contributed by atoms with Gasteiger partial charge in [-0.25, -0.2) is 4.39 Å². The summed E-state index contributed by atoms with van der Waals surface area (Å²) in [4.78, 5) is 0. The van der Waals surface area contributed by atoms with E-state index in [0.29, 0.717) is 18.6 Å². The van der Waals surface area contributed by atoms with E-state index in [1.54, 1.807) is 6.07 Å². The smallest absolute Gasteiger partial charge is 0.169 e. The Balaban J connectivity index is 2.21. The molecule has 14 heavy (non-hydrogen) atoms. The molecule has 1 aromatic heterocycles. The summed E-state index contributed by atoms with van der Waals surface area (Å²) >= 11 is 3.29. The Kier molecular flexibility index (Phi) is 2.66. The van der Waals surface area contributed by atoms with Gasteiger partial charge in [0.25, 0.3) is 0 Å². The lowest BCUT2D eigenvalue weighted by Crippen LogP contribution is -2.33. The molecular weight excluding hydrogens is 249 g/mol. The van der Waals surface area contributed by atoms with Crippen LogP contribution < -0.4 is 5.73 Å². The van der Waals surface area contributed by atoms with E-state index in [0.717, 1.165) is 17.3 Å². The van der Waals surface area contributed by atoms with Crippen molar-refractivity contribution in [3.63, 3.8) is 0 Å². The van der Waals surface area contributed by atoms with Crippen LogP contribution in [0.5, 0.6) is 0 Å². The van der Waals surface area contributed by atoms with E-state index in [1.807, 2.05) is 0 Å². The Labute approximate surface area is 90.8 Å². The molecule has 4 heteroatoms. The number of hydrogen-bond acceptors (Lipinski definition) is 2. The lowest BCUT2D eigenvalue weighted by Gasteiger charge is -2.30. The van der Waals surface area contributed by atoms with Crippen LogP contribution in [-0.2, 0) is 5.67 Å². The maximum absolute atomic E-state index is 14.4. The van der Waals surface area contributed by atoms with Gasteiger partial charge in [0.05, 0.1) is 10.7 Å². The van der Waals surface area contributed by atoms with E-state index in [9.17, 15) is 4.39 Å². The van der Waals surface area contributed by atoms with Gasteiger partial charge in [-0.2, -0.15) is 0 Å². The normalized spacial score (nSPS) is 33.2. The molecule has 1 aliphatic rings. The summed E-state index contributed by atoms with van der Waals surface area (Å²) in [6, 6.07) is 1.87. The zero-order valence-electron chi connectivity index (χ0n) is 7.80. The number of alkyl halides is 1. The zero-order chi connectivity index (χ0) is 10.2. The fourth-order valence-electron chi connectivity index (χ4n) is 1.94. The van der Waals surface area contributed by atoms with Crippen LogP contribution in [0.4, 0.5) is 4.39 Å². The first-order chi connectivity index (χ1) is 6.62. The highest BCUT2D eigenvalue weighted by Gasteiger charge is 2.40. The van der Waals surface area contributed by atoms with Crippen molar-refractivity contribution in [2.75, 3.05) is 0 Å². The first-order valence-corrected chi connectivity index (χ1v) is 5.59. The largest absolute Gasteiger partial charge is 0.465 e. The molecule has 1 aromatic rings. The van der Waals surface area contributed by atoms with Gasteiger partial charge in [-0.15, -0.1) is 0 Å². The van der Waals surface area contributed by atoms with Crippen molar-refractivity contribution in [1.29, 1.82) is 0 Å². The maximum Gasteiger partial charge on any atom is 0.169 e. The lowest BCUT2D eigenvalue weighted by atomic mass is 9.82. The molecule has 2 rings (SSSR count). The van der Waals surface area contributed by atoms with Crippen LogP contribution >= 0.6 is 15.9 Å². The third-order valence-corrected chi connectivity index (χ3v) is 3.47. The van der Waals surface area contributed by atoms with Gasteiger partial charge in [0, 0.05) is 6.04 Å². The highest BCUT2D eigenvalue weighted by Crippen LogP contribution is 2.43. The first kappa shape index (κ1) is 10.2. The Bertz CT molecular complexity index is 318. The van der Waals surface area contributed by atoms with Gasteiger partial charge in [0.1, 0.15) is 0 Å². The molecular formula is C10H13BrFNO. The third kappa shape index (κ3) is 1.73. The van der Waals surface area contributed by atoms with Gasteiger partial charge >= 0.3 is 0 Å². The Morgan fingerprint density at radius 2 is 2.14 bits per heavy atom. The van der Waals surface area contributed by atoms with Crippen molar-refractivity contribution in [3.8, 4) is 0 Å². The van der Waals surface area contributed by atoms with Crippen molar-refractivity contribution in [3.05, 3.63) is 22.6 Å². The van der Waals surface area contributed by atoms with Crippen molar-refractivity contribution in [1.82, 2.24) is 0 Å². The molecule has 0 spiro atoms. The monoisotopic (exact) mass is 261 g/mol. The molecule has 0 bridgehead atoms. The van der Waals surface area contributed by atoms with Crippen molar-refractivity contribution in [2.45, 2.75) is 37.4 Å². The molecule has 2 nitrogen and oxygen atoms in total. The average Bonchev–Trinajstić information content (AvgIpc) is 2.58. The van der Waals surface area contributed by atoms with Gasteiger partial charge in [-0.05, 0) is 47.7 Å². The number of furan rings is 1. The number of halogens is 2. The van der Waals surface area contributed by atoms with E-state index in [2.05, 4.69) is 15.9 Å². The molecule has 2 N–H and O–H groups in total. The highest BCUT2D eigenvalue weighted by molar-refractivity contribution is 9.10. The van der Waals surface area contributed by atoms with E-state index < -0.39 is 5.67 Å². The number of nitrogens with two attached hydrogens (primary N) is 1. The predicted octanol–water partition coefficient (Wildman–Crippen LogP) is 3.11. The molecule has 0 amide bonds. The molecule has 0 unspecified atom stereocenters. The van der Waals surface area contributed by atoms with Crippen LogP contribution in [0.2, 0.25) is 0 Å². The van der Waals surface area contributed by atoms with Crippen LogP contribution in [0, 0.1) is 0 Å². The second-order valence-corrected chi connectivity index (χ2v) is 4.75. The molecule has 0 atom stereocenters. The van der Waals surface area contributed by atoms with Gasteiger partial charge in [0.15, 0.2) is 11.4 Å². The van der Waals surface area contributed by atoms with E-state index in [1.165, 1.54) is 6.26 Å². The molecule has 0 saturated heterocycles. The van der Waals surface area contributed by atoms with Crippen LogP contribution in [0.25, 0.3) is 0 Å². The molecule has 78 valence electrons. The van der Waals surface area contributed by atoms with E-state index in [4.69, 9.17) is 10.2 Å². The van der Waals surface area contributed by atoms with Crippen molar-refractivity contribution >= 4 is 15.9 Å². The summed E-state index contributed by atoms with van der Waals surface area (Å²) in [6.07, 6.45) is 3.88. The molecule has 1 aliphatic carbocycles. The predicted molar refractivity (Wildman–Crippen MR) is 55.6 cm³/mol. The van der Waals surface area contributed by atoms with Crippen molar-refractivity contribution in [2.24, 2.45) is 5.73 Å². The summed E-state index contributed by atoms with van der Waals surface area (Å²) in [5.74, 6) is 0.421. The minimum absolute atomic E-state index is 0.146. The topological polar surface area (TPSA) is 39.2 Å². The minimum Gasteiger partial charge on any atom is -0.465 e. The second-order valence-electron chi connectivity index (χ2n) is 3.90. The van der Waals surface area contributed by atoms with E-state index >= 15 is 0 Å². The molecule has 1 heterocycles. The van der Waals surface area contributed by atoms with E-state index in [-0.39, 0.29) is 6.04 Å². The van der Waals surface area contributed by atoms with Gasteiger partial charge in [-0.3, -0.25) is 0 Å². The van der Waals surface area contributed by atoms with Crippen LogP contribution in [-0.4, -0.2) is 6.04 Å². The summed E-state index contributed by atoms with van der Waals surface area (Å²) in [6.45, 7) is 0. The Morgan fingerprint density at radius 1 is 1.50 bits per heavy atom. The maximum atomic E-state index is 14.4. The third-order valence-electron chi connectivity index (χ3n) is 2.85. The Hall–Kier alpha value is -0.350. The van der Waals surface area contributed by atoms with Crippen LogP contribution in [0.15, 0.2) is 21.2 Å². The number of rotatable bonds is 1. The van der Waals surface area contributed by atoms with Gasteiger partial charge in [0.2, 0.25) is 0 Å². The van der Waals surface area contributed by atoms with Crippen LogP contribution in [0.1, 0.15) is 31.4 Å². The molecule has 0 aliphatic heterocycles. The standard InChI is InChI=1S/C10H13BrFNO/c11-8-3-6-14-9(8)10(12)4-1-7(13)2-5-10/h3,6-7H,1-2,4-5,13H2. The fourth-order valence-corrected chi connectivity index (χ4v) is 2.49. The second kappa shape index (κ2) is 3.66. The summed E-state index contributed by atoms with van der Waals surface area (Å²) in [5.41, 5.74) is 4.42. The molecule has 1 saturated carbocycles. The average molecular weight is 262 g/mol. The fraction of sp³-hybridized carbons (Fsp3) is 0.600. The molecule has 1 fully saturated rings. The zero-order valence-corrected chi connectivity index (χ0v) is 9.39. The first-order valence-electron chi connectivity index (χ1n) is 4.80. The lowest BCUT2D eigenvalue weighted by molar-refractivity contribution is 0.0709. The van der Waals surface area contributed by atoms with Crippen molar-refractivity contribution < 1.29 is 8.81 Å². The van der Waals surface area contributed by atoms with Gasteiger partial charge < -0.3 is 10.2 Å². The van der Waals surface area contributed by atoms with Gasteiger partial charge in [-0.1, -0.05) is 0 Å². The quantitative estimate of drug-likeness (QED) is 0.844. The summed E-state index contributed by atoms with van der Waals surface area (Å²) < 4.78 is 20.3. The number of hydrogen-bond donors (Lipinski definition) is 1. The molecule has 0 aromatic carbocycles.